The SMILES string of the molecule is COC(C)(C)CCn1nc(C(=O)O)c2ccccc21. The quantitative estimate of drug-likeness (QED) is 0.899. The van der Waals surface area contributed by atoms with Crippen molar-refractivity contribution in [1.82, 2.24) is 9.78 Å². The van der Waals surface area contributed by atoms with E-state index in [4.69, 9.17) is 9.84 Å². The molecule has 5 nitrogen and oxygen atoms in total. The summed E-state index contributed by atoms with van der Waals surface area (Å²) in [6.07, 6.45) is 0.758. The van der Waals surface area contributed by atoms with Gasteiger partial charge in [0, 0.05) is 19.0 Å². The Morgan fingerprint density at radius 2 is 2.11 bits per heavy atom. The maximum atomic E-state index is 11.2. The van der Waals surface area contributed by atoms with Crippen LogP contribution in [0.1, 0.15) is 30.8 Å². The van der Waals surface area contributed by atoms with Gasteiger partial charge in [-0.3, -0.25) is 4.68 Å². The number of aromatic nitrogens is 2. The second-order valence-electron chi connectivity index (χ2n) is 5.11. The number of benzene rings is 1. The zero-order valence-corrected chi connectivity index (χ0v) is 11.4. The number of carboxylic acids is 1. The van der Waals surface area contributed by atoms with Gasteiger partial charge < -0.3 is 9.84 Å². The first-order valence-corrected chi connectivity index (χ1v) is 6.18. The van der Waals surface area contributed by atoms with Gasteiger partial charge in [-0.1, -0.05) is 18.2 Å². The standard InChI is InChI=1S/C14H18N2O3/c1-14(2,19-3)8-9-16-11-7-5-4-6-10(11)12(15-16)13(17)18/h4-7H,8-9H2,1-3H3,(H,17,18). The molecule has 1 aromatic heterocycles. The zero-order chi connectivity index (χ0) is 14.0. The summed E-state index contributed by atoms with van der Waals surface area (Å²) >= 11 is 0. The minimum Gasteiger partial charge on any atom is -0.476 e. The molecule has 5 heteroatoms. The lowest BCUT2D eigenvalue weighted by molar-refractivity contribution is 0.0116. The Hall–Kier alpha value is -1.88. The Labute approximate surface area is 111 Å². The van der Waals surface area contributed by atoms with E-state index in [1.165, 1.54) is 0 Å². The number of aromatic carboxylic acids is 1. The number of methoxy groups -OCH3 is 1. The van der Waals surface area contributed by atoms with Gasteiger partial charge in [0.25, 0.3) is 0 Å². The molecule has 19 heavy (non-hydrogen) atoms. The Bertz CT molecular complexity index is 602. The van der Waals surface area contributed by atoms with E-state index in [0.717, 1.165) is 11.9 Å². The molecule has 0 bridgehead atoms. The van der Waals surface area contributed by atoms with E-state index >= 15 is 0 Å². The molecule has 0 saturated heterocycles. The number of fused-ring (bicyclic) bond motifs is 1. The average molecular weight is 262 g/mol. The average Bonchev–Trinajstić information content (AvgIpc) is 2.76. The van der Waals surface area contributed by atoms with Crippen LogP contribution in [-0.2, 0) is 11.3 Å². The van der Waals surface area contributed by atoms with Gasteiger partial charge in [0.05, 0.1) is 11.1 Å². The maximum Gasteiger partial charge on any atom is 0.357 e. The van der Waals surface area contributed by atoms with E-state index in [0.29, 0.717) is 11.9 Å². The second-order valence-corrected chi connectivity index (χ2v) is 5.11. The number of para-hydroxylation sites is 1. The number of aryl methyl sites for hydroxylation is 1. The molecule has 1 aromatic carbocycles. The molecule has 0 aliphatic carbocycles. The lowest BCUT2D eigenvalue weighted by Crippen LogP contribution is -2.24. The van der Waals surface area contributed by atoms with Gasteiger partial charge in [0.2, 0.25) is 0 Å². The molecule has 0 unspecified atom stereocenters. The highest BCUT2D eigenvalue weighted by Crippen LogP contribution is 2.21. The fourth-order valence-electron chi connectivity index (χ4n) is 1.93. The molecule has 0 aliphatic rings. The van der Waals surface area contributed by atoms with E-state index in [1.54, 1.807) is 17.9 Å². The van der Waals surface area contributed by atoms with Crippen LogP contribution in [0.25, 0.3) is 10.9 Å². The number of rotatable bonds is 5. The summed E-state index contributed by atoms with van der Waals surface area (Å²) in [5.41, 5.74) is 0.689. The van der Waals surface area contributed by atoms with Gasteiger partial charge in [-0.25, -0.2) is 4.79 Å². The maximum absolute atomic E-state index is 11.2. The largest absolute Gasteiger partial charge is 0.476 e. The van der Waals surface area contributed by atoms with Crippen LogP contribution in [0, 0.1) is 0 Å². The van der Waals surface area contributed by atoms with Crippen LogP contribution in [0.4, 0.5) is 0 Å². The number of hydrogen-bond donors (Lipinski definition) is 1. The molecular formula is C14H18N2O3. The highest BCUT2D eigenvalue weighted by Gasteiger charge is 2.19. The van der Waals surface area contributed by atoms with Crippen LogP contribution in [-0.4, -0.2) is 33.6 Å². The number of carboxylic acid groups (broad SMARTS) is 1. The van der Waals surface area contributed by atoms with Crippen LogP contribution in [0.3, 0.4) is 0 Å². The van der Waals surface area contributed by atoms with Crippen molar-refractivity contribution >= 4 is 16.9 Å². The third-order valence-electron chi connectivity index (χ3n) is 3.34. The summed E-state index contributed by atoms with van der Waals surface area (Å²) in [5, 5.41) is 14.0. The minimum absolute atomic E-state index is 0.103. The molecule has 0 saturated carbocycles. The number of nitrogens with zero attached hydrogens (tertiary/aromatic N) is 2. The Kier molecular flexibility index (Phi) is 3.57. The Morgan fingerprint density at radius 1 is 1.42 bits per heavy atom. The fourth-order valence-corrected chi connectivity index (χ4v) is 1.93. The molecule has 0 aliphatic heterocycles. The van der Waals surface area contributed by atoms with Crippen LogP contribution < -0.4 is 0 Å². The lowest BCUT2D eigenvalue weighted by atomic mass is 10.1. The molecule has 1 N–H and O–H groups in total. The Balaban J connectivity index is 2.36. The van der Waals surface area contributed by atoms with E-state index < -0.39 is 5.97 Å². The van der Waals surface area contributed by atoms with Crippen molar-refractivity contribution in [3.8, 4) is 0 Å². The molecule has 2 rings (SSSR count). The minimum atomic E-state index is -0.999. The summed E-state index contributed by atoms with van der Waals surface area (Å²) in [5.74, 6) is -0.999. The molecule has 0 amide bonds. The fraction of sp³-hybridized carbons (Fsp3) is 0.429. The lowest BCUT2D eigenvalue weighted by Gasteiger charge is -2.22. The summed E-state index contributed by atoms with van der Waals surface area (Å²) in [7, 11) is 1.67. The van der Waals surface area contributed by atoms with Crippen molar-refractivity contribution in [2.24, 2.45) is 0 Å². The number of carbonyl (C=O) groups is 1. The summed E-state index contributed by atoms with van der Waals surface area (Å²) in [4.78, 5) is 11.2. The van der Waals surface area contributed by atoms with Crippen molar-refractivity contribution in [2.75, 3.05) is 7.11 Å². The van der Waals surface area contributed by atoms with E-state index in [1.807, 2.05) is 32.0 Å². The first-order valence-electron chi connectivity index (χ1n) is 6.18. The van der Waals surface area contributed by atoms with Gasteiger partial charge in [-0.05, 0) is 26.3 Å². The number of ether oxygens (including phenoxy) is 1. The first-order chi connectivity index (χ1) is 8.94. The third-order valence-corrected chi connectivity index (χ3v) is 3.34. The van der Waals surface area contributed by atoms with Crippen LogP contribution in [0.2, 0.25) is 0 Å². The first kappa shape index (κ1) is 13.5. The Morgan fingerprint density at radius 3 is 2.74 bits per heavy atom. The highest BCUT2D eigenvalue weighted by molar-refractivity contribution is 6.01. The summed E-state index contributed by atoms with van der Waals surface area (Å²) in [6, 6.07) is 7.37. The van der Waals surface area contributed by atoms with Crippen molar-refractivity contribution in [2.45, 2.75) is 32.4 Å². The monoisotopic (exact) mass is 262 g/mol. The van der Waals surface area contributed by atoms with E-state index in [-0.39, 0.29) is 11.3 Å². The van der Waals surface area contributed by atoms with Gasteiger partial charge >= 0.3 is 5.97 Å². The molecule has 0 radical (unpaired) electrons. The van der Waals surface area contributed by atoms with Crippen molar-refractivity contribution in [1.29, 1.82) is 0 Å². The van der Waals surface area contributed by atoms with Crippen molar-refractivity contribution in [3.63, 3.8) is 0 Å². The molecule has 0 atom stereocenters. The van der Waals surface area contributed by atoms with Crippen LogP contribution >= 0.6 is 0 Å². The topological polar surface area (TPSA) is 64.4 Å². The van der Waals surface area contributed by atoms with Gasteiger partial charge in [-0.2, -0.15) is 5.10 Å². The second kappa shape index (κ2) is 5.01. The molecule has 2 aromatic rings. The highest BCUT2D eigenvalue weighted by atomic mass is 16.5. The van der Waals surface area contributed by atoms with Gasteiger partial charge in [0.1, 0.15) is 0 Å². The molecule has 0 fully saturated rings. The van der Waals surface area contributed by atoms with Crippen LogP contribution in [0.5, 0.6) is 0 Å². The number of hydrogen-bond acceptors (Lipinski definition) is 3. The van der Waals surface area contributed by atoms with Gasteiger partial charge in [0.15, 0.2) is 5.69 Å². The predicted octanol–water partition coefficient (Wildman–Crippen LogP) is 2.55. The molecule has 0 spiro atoms. The summed E-state index contributed by atoms with van der Waals surface area (Å²) in [6.45, 7) is 4.61. The van der Waals surface area contributed by atoms with E-state index in [2.05, 4.69) is 5.10 Å². The van der Waals surface area contributed by atoms with E-state index in [9.17, 15) is 4.79 Å². The summed E-state index contributed by atoms with van der Waals surface area (Å²) < 4.78 is 7.10. The smallest absolute Gasteiger partial charge is 0.357 e. The van der Waals surface area contributed by atoms with Crippen molar-refractivity contribution < 1.29 is 14.6 Å². The third kappa shape index (κ3) is 2.76. The van der Waals surface area contributed by atoms with Crippen LogP contribution in [0.15, 0.2) is 24.3 Å². The molecular weight excluding hydrogens is 244 g/mol. The van der Waals surface area contributed by atoms with Gasteiger partial charge in [-0.15, -0.1) is 0 Å². The zero-order valence-electron chi connectivity index (χ0n) is 11.4. The molecule has 102 valence electrons. The molecule has 1 heterocycles. The predicted molar refractivity (Wildman–Crippen MR) is 72.4 cm³/mol. The van der Waals surface area contributed by atoms with Crippen molar-refractivity contribution in [3.05, 3.63) is 30.0 Å². The normalized spacial score (nSPS) is 11.9.